The highest BCUT2D eigenvalue weighted by Crippen LogP contribution is 2.27. The highest BCUT2D eigenvalue weighted by Gasteiger charge is 2.11. The third-order valence-corrected chi connectivity index (χ3v) is 5.64. The SMILES string of the molecule is O=C(N/N=C\c1c(OCc2ccc([N+](=O)[O-])cc2)ccc2ccccc12)c1ccccc1Br. The zero-order valence-corrected chi connectivity index (χ0v) is 18.9. The van der Waals surface area contributed by atoms with E-state index in [1.165, 1.54) is 12.1 Å². The van der Waals surface area contributed by atoms with Gasteiger partial charge in [0, 0.05) is 22.2 Å². The van der Waals surface area contributed by atoms with E-state index < -0.39 is 4.92 Å². The lowest BCUT2D eigenvalue weighted by Crippen LogP contribution is -2.18. The molecule has 0 spiro atoms. The van der Waals surface area contributed by atoms with Crippen LogP contribution in [0.4, 0.5) is 5.69 Å². The smallest absolute Gasteiger partial charge is 0.272 e. The van der Waals surface area contributed by atoms with Gasteiger partial charge in [-0.2, -0.15) is 5.10 Å². The average Bonchev–Trinajstić information content (AvgIpc) is 2.83. The number of carbonyl (C=O) groups excluding carboxylic acids is 1. The highest BCUT2D eigenvalue weighted by molar-refractivity contribution is 9.10. The number of fused-ring (bicyclic) bond motifs is 1. The maximum Gasteiger partial charge on any atom is 0.272 e. The third-order valence-electron chi connectivity index (χ3n) is 4.95. The van der Waals surface area contributed by atoms with Crippen molar-refractivity contribution >= 4 is 44.5 Å². The summed E-state index contributed by atoms with van der Waals surface area (Å²) in [5.41, 5.74) is 4.55. The van der Waals surface area contributed by atoms with Crippen molar-refractivity contribution in [2.75, 3.05) is 0 Å². The molecule has 8 heteroatoms. The molecule has 7 nitrogen and oxygen atoms in total. The molecule has 0 heterocycles. The van der Waals surface area contributed by atoms with Gasteiger partial charge in [-0.1, -0.05) is 42.5 Å². The summed E-state index contributed by atoms with van der Waals surface area (Å²) in [7, 11) is 0. The molecule has 0 radical (unpaired) electrons. The van der Waals surface area contributed by atoms with Crippen LogP contribution in [0.5, 0.6) is 5.75 Å². The lowest BCUT2D eigenvalue weighted by Gasteiger charge is -2.12. The van der Waals surface area contributed by atoms with Crippen LogP contribution >= 0.6 is 15.9 Å². The van der Waals surface area contributed by atoms with Crippen LogP contribution in [0, 0.1) is 10.1 Å². The van der Waals surface area contributed by atoms with Gasteiger partial charge < -0.3 is 4.74 Å². The molecule has 0 aliphatic carbocycles. The quantitative estimate of drug-likeness (QED) is 0.194. The number of ether oxygens (including phenoxy) is 1. The van der Waals surface area contributed by atoms with Gasteiger partial charge in [0.15, 0.2) is 0 Å². The largest absolute Gasteiger partial charge is 0.488 e. The Morgan fingerprint density at radius 3 is 2.48 bits per heavy atom. The normalized spacial score (nSPS) is 10.9. The van der Waals surface area contributed by atoms with Crippen LogP contribution in [-0.2, 0) is 6.61 Å². The number of nitro groups is 1. The van der Waals surface area contributed by atoms with Crippen molar-refractivity contribution in [1.29, 1.82) is 0 Å². The molecule has 0 aromatic heterocycles. The lowest BCUT2D eigenvalue weighted by atomic mass is 10.0. The molecular weight excluding hydrogens is 486 g/mol. The number of nitrogens with zero attached hydrogens (tertiary/aromatic N) is 2. The predicted molar refractivity (Wildman–Crippen MR) is 131 cm³/mol. The Kier molecular flexibility index (Phi) is 6.75. The van der Waals surface area contributed by atoms with E-state index in [4.69, 9.17) is 4.74 Å². The number of hydrazone groups is 1. The summed E-state index contributed by atoms with van der Waals surface area (Å²) < 4.78 is 6.69. The summed E-state index contributed by atoms with van der Waals surface area (Å²) in [4.78, 5) is 22.9. The van der Waals surface area contributed by atoms with Crippen molar-refractivity contribution < 1.29 is 14.5 Å². The second kappa shape index (κ2) is 10.1. The maximum absolute atomic E-state index is 12.5. The van der Waals surface area contributed by atoms with Crippen LogP contribution < -0.4 is 10.2 Å². The molecule has 4 rings (SSSR count). The van der Waals surface area contributed by atoms with E-state index in [1.807, 2.05) is 42.5 Å². The first-order chi connectivity index (χ1) is 16.0. The number of rotatable bonds is 7. The van der Waals surface area contributed by atoms with Crippen LogP contribution in [0.3, 0.4) is 0 Å². The number of hydrogen-bond donors (Lipinski definition) is 1. The molecular formula is C25H18BrN3O4. The summed E-state index contributed by atoms with van der Waals surface area (Å²) in [5.74, 6) is 0.234. The molecule has 4 aromatic rings. The Labute approximate surface area is 198 Å². The Balaban J connectivity index is 1.57. The number of amides is 1. The molecule has 0 saturated heterocycles. The predicted octanol–water partition coefficient (Wildman–Crippen LogP) is 5.85. The topological polar surface area (TPSA) is 93.8 Å². The van der Waals surface area contributed by atoms with E-state index >= 15 is 0 Å². The fourth-order valence-electron chi connectivity index (χ4n) is 3.27. The zero-order chi connectivity index (χ0) is 23.2. The van der Waals surface area contributed by atoms with Gasteiger partial charge in [0.1, 0.15) is 12.4 Å². The highest BCUT2D eigenvalue weighted by atomic mass is 79.9. The molecule has 4 aromatic carbocycles. The van der Waals surface area contributed by atoms with E-state index in [2.05, 4.69) is 26.5 Å². The summed E-state index contributed by atoms with van der Waals surface area (Å²) in [6.07, 6.45) is 1.56. The first-order valence-electron chi connectivity index (χ1n) is 9.99. The first kappa shape index (κ1) is 22.2. The van der Waals surface area contributed by atoms with Gasteiger partial charge >= 0.3 is 0 Å². The average molecular weight is 504 g/mol. The van der Waals surface area contributed by atoms with Crippen molar-refractivity contribution in [1.82, 2.24) is 5.43 Å². The number of carbonyl (C=O) groups is 1. The van der Waals surface area contributed by atoms with Gasteiger partial charge in [-0.05, 0) is 62.6 Å². The van der Waals surface area contributed by atoms with Crippen molar-refractivity contribution in [3.63, 3.8) is 0 Å². The van der Waals surface area contributed by atoms with E-state index in [0.717, 1.165) is 16.3 Å². The van der Waals surface area contributed by atoms with Crippen LogP contribution in [-0.4, -0.2) is 17.0 Å². The maximum atomic E-state index is 12.5. The van der Waals surface area contributed by atoms with Gasteiger partial charge in [-0.15, -0.1) is 0 Å². The molecule has 0 fully saturated rings. The minimum atomic E-state index is -0.440. The number of halogens is 1. The Morgan fingerprint density at radius 2 is 1.73 bits per heavy atom. The Bertz CT molecular complexity index is 1350. The van der Waals surface area contributed by atoms with E-state index in [0.29, 0.717) is 21.3 Å². The lowest BCUT2D eigenvalue weighted by molar-refractivity contribution is -0.384. The number of hydrogen-bond acceptors (Lipinski definition) is 5. The minimum absolute atomic E-state index is 0.0260. The molecule has 164 valence electrons. The van der Waals surface area contributed by atoms with Gasteiger partial charge in [-0.3, -0.25) is 14.9 Å². The van der Waals surface area contributed by atoms with Crippen LogP contribution in [0.1, 0.15) is 21.5 Å². The monoisotopic (exact) mass is 503 g/mol. The molecule has 0 atom stereocenters. The van der Waals surface area contributed by atoms with Crippen LogP contribution in [0.15, 0.2) is 94.5 Å². The second-order valence-corrected chi connectivity index (χ2v) is 7.94. The van der Waals surface area contributed by atoms with Crippen LogP contribution in [0.2, 0.25) is 0 Å². The van der Waals surface area contributed by atoms with Crippen LogP contribution in [0.25, 0.3) is 10.8 Å². The van der Waals surface area contributed by atoms with Crippen molar-refractivity contribution in [3.8, 4) is 5.75 Å². The number of nitrogens with one attached hydrogen (secondary N) is 1. The molecule has 0 bridgehead atoms. The summed E-state index contributed by atoms with van der Waals surface area (Å²) in [5, 5.41) is 16.9. The van der Waals surface area contributed by atoms with Gasteiger partial charge in [0.2, 0.25) is 0 Å². The molecule has 1 amide bonds. The van der Waals surface area contributed by atoms with E-state index in [1.54, 1.807) is 36.5 Å². The van der Waals surface area contributed by atoms with Crippen molar-refractivity contribution in [2.45, 2.75) is 6.61 Å². The van der Waals surface area contributed by atoms with Gasteiger partial charge in [0.05, 0.1) is 16.7 Å². The third kappa shape index (κ3) is 5.24. The Morgan fingerprint density at radius 1 is 1.00 bits per heavy atom. The molecule has 0 saturated carbocycles. The number of non-ortho nitro benzene ring substituents is 1. The summed E-state index contributed by atoms with van der Waals surface area (Å²) in [6.45, 7) is 0.223. The standard InChI is InChI=1S/C25H18BrN3O4/c26-23-8-4-3-7-21(23)25(30)28-27-15-22-20-6-2-1-5-18(20)11-14-24(22)33-16-17-9-12-19(13-10-17)29(31)32/h1-15H,16H2,(H,28,30)/b27-15-. The van der Waals surface area contributed by atoms with Gasteiger partial charge in [0.25, 0.3) is 11.6 Å². The van der Waals surface area contributed by atoms with Crippen molar-refractivity contribution in [3.05, 3.63) is 116 Å². The molecule has 0 unspecified atom stereocenters. The molecule has 1 N–H and O–H groups in total. The number of benzene rings is 4. The minimum Gasteiger partial charge on any atom is -0.488 e. The zero-order valence-electron chi connectivity index (χ0n) is 17.3. The molecule has 0 aliphatic heterocycles. The number of nitro benzene ring substituents is 1. The molecule has 0 aliphatic rings. The summed E-state index contributed by atoms with van der Waals surface area (Å²) >= 11 is 3.36. The molecule has 33 heavy (non-hydrogen) atoms. The second-order valence-electron chi connectivity index (χ2n) is 7.09. The fourth-order valence-corrected chi connectivity index (χ4v) is 3.74. The van der Waals surface area contributed by atoms with E-state index in [9.17, 15) is 14.9 Å². The fraction of sp³-hybridized carbons (Fsp3) is 0.0400. The van der Waals surface area contributed by atoms with Crippen molar-refractivity contribution in [2.24, 2.45) is 5.10 Å². The summed E-state index contributed by atoms with van der Waals surface area (Å²) in [6, 6.07) is 24.9. The Hall–Kier alpha value is -4.04. The van der Waals surface area contributed by atoms with E-state index in [-0.39, 0.29) is 18.2 Å². The first-order valence-corrected chi connectivity index (χ1v) is 10.8. The van der Waals surface area contributed by atoms with Gasteiger partial charge in [-0.25, -0.2) is 5.43 Å².